The molecular weight excluding hydrogens is 401 g/mol. The Kier molecular flexibility index (Phi) is 5.29. The number of aliphatic hydroxyl groups excluding tert-OH is 1. The summed E-state index contributed by atoms with van der Waals surface area (Å²) in [6.07, 6.45) is -0.382. The topological polar surface area (TPSA) is 80.7 Å². The van der Waals surface area contributed by atoms with Gasteiger partial charge in [-0.1, -0.05) is 30.3 Å². The van der Waals surface area contributed by atoms with Crippen molar-refractivity contribution in [2.45, 2.75) is 25.5 Å². The summed E-state index contributed by atoms with van der Waals surface area (Å²) in [6.45, 7) is 1.57. The van der Waals surface area contributed by atoms with Crippen LogP contribution < -0.4 is 56.5 Å². The summed E-state index contributed by atoms with van der Waals surface area (Å²) in [6, 6.07) is 13.7. The van der Waals surface area contributed by atoms with E-state index in [2.05, 4.69) is 12.1 Å². The standard InChI is InChI=1S/C21H17NO4S.K/c1-10(23)18-15-9-14(19(21(25)26)22(15)20(18)24)11-6-7-13-12-4-2-3-5-16(12)27-17(13)8-11;/h2-8,10,15,18,23H,9H2,1H3,(H,25,26);/q;+1/p-1/t10-,15-,18-;/m1./s1. The summed E-state index contributed by atoms with van der Waals surface area (Å²) in [5.74, 6) is -2.24. The van der Waals surface area contributed by atoms with E-state index in [1.54, 1.807) is 18.3 Å². The number of hydrogen-bond donors (Lipinski definition) is 1. The monoisotopic (exact) mass is 417 g/mol. The molecule has 0 aliphatic carbocycles. The molecule has 0 saturated carbocycles. The van der Waals surface area contributed by atoms with Crippen LogP contribution in [0.4, 0.5) is 0 Å². The number of carbonyl (C=O) groups excluding carboxylic acids is 2. The molecule has 1 fully saturated rings. The zero-order valence-electron chi connectivity index (χ0n) is 15.5. The van der Waals surface area contributed by atoms with E-state index >= 15 is 0 Å². The number of rotatable bonds is 3. The molecule has 3 heterocycles. The second-order valence-corrected chi connectivity index (χ2v) is 8.25. The molecular formula is C21H16KNO4S. The van der Waals surface area contributed by atoms with Gasteiger partial charge in [-0.05, 0) is 36.6 Å². The van der Waals surface area contributed by atoms with Crippen LogP contribution in [0.2, 0.25) is 0 Å². The Balaban J connectivity index is 0.00000192. The fourth-order valence-electron chi connectivity index (χ4n) is 4.43. The normalized spacial score (nSPS) is 22.2. The summed E-state index contributed by atoms with van der Waals surface area (Å²) in [7, 11) is 0. The van der Waals surface area contributed by atoms with Gasteiger partial charge in [0.25, 0.3) is 0 Å². The van der Waals surface area contributed by atoms with Gasteiger partial charge in [0.1, 0.15) is 0 Å². The SMILES string of the molecule is C[C@@H](O)[C@H]1C(=O)N2C(C(=O)[O-])=C(c3ccc4c(c3)sc3ccccc34)C[C@H]12.[K+]. The molecule has 5 rings (SSSR count). The minimum absolute atomic E-state index is 0. The van der Waals surface area contributed by atoms with E-state index in [1.807, 2.05) is 30.3 Å². The molecule has 5 nitrogen and oxygen atoms in total. The molecule has 0 unspecified atom stereocenters. The molecule has 2 aliphatic heterocycles. The Morgan fingerprint density at radius 2 is 1.93 bits per heavy atom. The first-order valence-corrected chi connectivity index (χ1v) is 9.66. The van der Waals surface area contributed by atoms with Gasteiger partial charge in [-0.3, -0.25) is 4.79 Å². The van der Waals surface area contributed by atoms with E-state index in [1.165, 1.54) is 15.0 Å². The summed E-state index contributed by atoms with van der Waals surface area (Å²) in [5.41, 5.74) is 1.35. The largest absolute Gasteiger partial charge is 1.00 e. The van der Waals surface area contributed by atoms with Gasteiger partial charge < -0.3 is 19.9 Å². The number of nitrogens with zero attached hydrogens (tertiary/aromatic N) is 1. The molecule has 28 heavy (non-hydrogen) atoms. The maximum Gasteiger partial charge on any atom is 1.00 e. The molecule has 0 bridgehead atoms. The fraction of sp³-hybridized carbons (Fsp3) is 0.238. The van der Waals surface area contributed by atoms with Crippen molar-refractivity contribution in [3.63, 3.8) is 0 Å². The minimum Gasteiger partial charge on any atom is -0.543 e. The van der Waals surface area contributed by atoms with Crippen molar-refractivity contribution in [3.05, 3.63) is 53.7 Å². The number of β-lactam (4-membered cyclic amide) rings is 1. The number of fused-ring (bicyclic) bond motifs is 4. The first kappa shape index (κ1) is 20.2. The van der Waals surface area contributed by atoms with E-state index in [-0.39, 0.29) is 69.0 Å². The van der Waals surface area contributed by atoms with Crippen LogP contribution >= 0.6 is 11.3 Å². The van der Waals surface area contributed by atoms with Crippen LogP contribution in [0.3, 0.4) is 0 Å². The quantitative estimate of drug-likeness (QED) is 0.444. The summed E-state index contributed by atoms with van der Waals surface area (Å²) < 4.78 is 2.25. The Hall–Kier alpha value is -1.06. The number of carbonyl (C=O) groups is 2. The van der Waals surface area contributed by atoms with Gasteiger partial charge in [0.15, 0.2) is 0 Å². The molecule has 7 heteroatoms. The van der Waals surface area contributed by atoms with Crippen molar-refractivity contribution in [3.8, 4) is 0 Å². The zero-order chi connectivity index (χ0) is 18.9. The van der Waals surface area contributed by atoms with Crippen LogP contribution in [0.15, 0.2) is 48.2 Å². The van der Waals surface area contributed by atoms with Gasteiger partial charge in [0, 0.05) is 20.2 Å². The van der Waals surface area contributed by atoms with E-state index < -0.39 is 18.0 Å². The summed E-state index contributed by atoms with van der Waals surface area (Å²) >= 11 is 1.66. The molecule has 136 valence electrons. The summed E-state index contributed by atoms with van der Waals surface area (Å²) in [4.78, 5) is 25.4. The molecule has 3 atom stereocenters. The third-order valence-electron chi connectivity index (χ3n) is 5.65. The van der Waals surface area contributed by atoms with E-state index in [0.29, 0.717) is 12.0 Å². The molecule has 1 N–H and O–H groups in total. The van der Waals surface area contributed by atoms with E-state index in [0.717, 1.165) is 15.6 Å². The van der Waals surface area contributed by atoms with Gasteiger partial charge >= 0.3 is 51.4 Å². The molecule has 1 saturated heterocycles. The molecule has 1 amide bonds. The molecule has 0 spiro atoms. The van der Waals surface area contributed by atoms with Gasteiger partial charge in [-0.2, -0.15) is 0 Å². The maximum absolute atomic E-state index is 12.3. The molecule has 3 aromatic rings. The first-order valence-electron chi connectivity index (χ1n) is 8.84. The maximum atomic E-state index is 12.3. The number of carboxylic acid groups (broad SMARTS) is 1. The van der Waals surface area contributed by atoms with Gasteiger partial charge in [0.2, 0.25) is 5.91 Å². The van der Waals surface area contributed by atoms with Crippen molar-refractivity contribution < 1.29 is 71.2 Å². The van der Waals surface area contributed by atoms with Crippen molar-refractivity contribution in [2.24, 2.45) is 5.92 Å². The molecule has 2 aliphatic rings. The van der Waals surface area contributed by atoms with Crippen LogP contribution in [-0.2, 0) is 9.59 Å². The van der Waals surface area contributed by atoms with E-state index in [9.17, 15) is 19.8 Å². The number of carboxylic acids is 1. The number of hydrogen-bond acceptors (Lipinski definition) is 5. The van der Waals surface area contributed by atoms with E-state index in [4.69, 9.17) is 0 Å². The summed E-state index contributed by atoms with van der Waals surface area (Å²) in [5, 5.41) is 24.0. The Bertz CT molecular complexity index is 1170. The number of thiophene rings is 1. The van der Waals surface area contributed by atoms with Crippen LogP contribution in [0.25, 0.3) is 25.7 Å². The van der Waals surface area contributed by atoms with Crippen molar-refractivity contribution in [1.82, 2.24) is 4.90 Å². The van der Waals surface area contributed by atoms with Crippen LogP contribution in [-0.4, -0.2) is 34.0 Å². The van der Waals surface area contributed by atoms with Crippen molar-refractivity contribution in [2.75, 3.05) is 0 Å². The predicted octanol–water partition coefficient (Wildman–Crippen LogP) is -0.869. The van der Waals surface area contributed by atoms with Crippen LogP contribution in [0.1, 0.15) is 18.9 Å². The Morgan fingerprint density at radius 1 is 1.21 bits per heavy atom. The average Bonchev–Trinajstić information content (AvgIpc) is 3.16. The number of amides is 1. The molecule has 2 aromatic carbocycles. The van der Waals surface area contributed by atoms with Crippen molar-refractivity contribution in [1.29, 1.82) is 0 Å². The third kappa shape index (κ3) is 2.84. The van der Waals surface area contributed by atoms with Gasteiger partial charge in [-0.25, -0.2) is 0 Å². The minimum atomic E-state index is -1.35. The molecule has 1 aromatic heterocycles. The fourth-order valence-corrected chi connectivity index (χ4v) is 5.58. The molecule has 0 radical (unpaired) electrons. The second kappa shape index (κ2) is 7.32. The Morgan fingerprint density at radius 3 is 2.64 bits per heavy atom. The average molecular weight is 418 g/mol. The number of aliphatic hydroxyl groups is 1. The number of benzene rings is 2. The van der Waals surface area contributed by atoms with Crippen LogP contribution in [0.5, 0.6) is 0 Å². The Labute approximate surface area is 208 Å². The first-order chi connectivity index (χ1) is 13.0. The van der Waals surface area contributed by atoms with Crippen molar-refractivity contribution >= 4 is 49.0 Å². The zero-order valence-corrected chi connectivity index (χ0v) is 19.4. The number of aliphatic carboxylic acids is 1. The third-order valence-corrected chi connectivity index (χ3v) is 6.78. The predicted molar refractivity (Wildman–Crippen MR) is 102 cm³/mol. The van der Waals surface area contributed by atoms with Gasteiger partial charge in [0.05, 0.1) is 29.7 Å². The van der Waals surface area contributed by atoms with Crippen LogP contribution in [0, 0.1) is 5.92 Å². The van der Waals surface area contributed by atoms with Gasteiger partial charge in [-0.15, -0.1) is 11.3 Å². The smallest absolute Gasteiger partial charge is 0.543 e. The second-order valence-electron chi connectivity index (χ2n) is 7.17.